The Labute approximate surface area is 183 Å². The molecule has 2 N–H and O–H groups in total. The second-order valence-corrected chi connectivity index (χ2v) is 8.58. The maximum atomic E-state index is 13.7. The zero-order valence-corrected chi connectivity index (χ0v) is 18.2. The molecule has 6 heteroatoms. The highest BCUT2D eigenvalue weighted by Gasteiger charge is 2.44. The minimum Gasteiger partial charge on any atom is -0.357 e. The van der Waals surface area contributed by atoms with Crippen molar-refractivity contribution in [2.75, 3.05) is 19.6 Å². The van der Waals surface area contributed by atoms with E-state index in [-0.39, 0.29) is 17.1 Å². The average molecular weight is 423 g/mol. The molecule has 2 aliphatic rings. The van der Waals surface area contributed by atoms with Crippen LogP contribution in [-0.4, -0.2) is 36.4 Å². The molecule has 2 aromatic rings. The normalized spacial score (nSPS) is 17.7. The Hall–Kier alpha value is -2.89. The topological polar surface area (TPSA) is 56.7 Å². The summed E-state index contributed by atoms with van der Waals surface area (Å²) in [5.74, 6) is 0.833. The Bertz CT molecular complexity index is 954. The zero-order valence-electron chi connectivity index (χ0n) is 18.2. The number of nitrogens with zero attached hydrogens (tertiary/aromatic N) is 2. The number of halogens is 1. The third-order valence-corrected chi connectivity index (χ3v) is 6.18. The standard InChI is InChI=1S/C25H31FN4O/c1-2-27-24(29-18-25(11-12-25)21-8-4-9-22(26)15-21)28-16-19-6-3-7-20(14-19)17-30-13-5-10-23(30)31/h3-4,6-9,14-15H,2,5,10-13,16-18H2,1H3,(H2,27,28,29). The molecule has 0 bridgehead atoms. The predicted molar refractivity (Wildman–Crippen MR) is 121 cm³/mol. The number of aliphatic imine (C=N–C) groups is 1. The summed E-state index contributed by atoms with van der Waals surface area (Å²) < 4.78 is 13.7. The van der Waals surface area contributed by atoms with Gasteiger partial charge in [-0.1, -0.05) is 36.4 Å². The number of carbonyl (C=O) groups excluding carboxylic acids is 1. The fourth-order valence-electron chi connectivity index (χ4n) is 4.22. The Morgan fingerprint density at radius 3 is 2.65 bits per heavy atom. The lowest BCUT2D eigenvalue weighted by molar-refractivity contribution is -0.128. The van der Waals surface area contributed by atoms with Crippen LogP contribution in [-0.2, 0) is 23.3 Å². The molecule has 164 valence electrons. The van der Waals surface area contributed by atoms with Gasteiger partial charge in [-0.15, -0.1) is 0 Å². The van der Waals surface area contributed by atoms with Crippen LogP contribution in [0.3, 0.4) is 0 Å². The molecule has 0 unspecified atom stereocenters. The molecule has 1 aliphatic heterocycles. The molecule has 0 spiro atoms. The number of guanidine groups is 1. The Morgan fingerprint density at radius 1 is 1.13 bits per heavy atom. The summed E-state index contributed by atoms with van der Waals surface area (Å²) in [6.45, 7) is 5.64. The summed E-state index contributed by atoms with van der Waals surface area (Å²) in [6, 6.07) is 15.2. The minimum atomic E-state index is -0.181. The highest BCUT2D eigenvalue weighted by Crippen LogP contribution is 2.47. The van der Waals surface area contributed by atoms with Crippen molar-refractivity contribution < 1.29 is 9.18 Å². The number of rotatable bonds is 8. The summed E-state index contributed by atoms with van der Waals surface area (Å²) in [5, 5.41) is 6.76. The van der Waals surface area contributed by atoms with Crippen LogP contribution in [0.1, 0.15) is 49.3 Å². The van der Waals surface area contributed by atoms with E-state index in [2.05, 4.69) is 28.8 Å². The number of nitrogens with one attached hydrogen (secondary N) is 2. The fraction of sp³-hybridized carbons (Fsp3) is 0.440. The van der Waals surface area contributed by atoms with Crippen LogP contribution in [0.25, 0.3) is 0 Å². The SMILES string of the molecule is CCNC(=NCc1cccc(CN2CCCC2=O)c1)NCC1(c2cccc(F)c2)CC1. The van der Waals surface area contributed by atoms with Crippen molar-refractivity contribution >= 4 is 11.9 Å². The first-order valence-electron chi connectivity index (χ1n) is 11.2. The molecular weight excluding hydrogens is 391 g/mol. The summed E-state index contributed by atoms with van der Waals surface area (Å²) >= 11 is 0. The second kappa shape index (κ2) is 9.50. The van der Waals surface area contributed by atoms with Gasteiger partial charge < -0.3 is 15.5 Å². The van der Waals surface area contributed by atoms with Gasteiger partial charge in [0.15, 0.2) is 5.96 Å². The molecule has 1 saturated heterocycles. The van der Waals surface area contributed by atoms with Crippen molar-refractivity contribution in [2.45, 2.75) is 51.1 Å². The molecule has 0 radical (unpaired) electrons. The molecule has 2 aromatic carbocycles. The van der Waals surface area contributed by atoms with E-state index in [0.29, 0.717) is 19.5 Å². The van der Waals surface area contributed by atoms with E-state index in [0.717, 1.165) is 61.5 Å². The van der Waals surface area contributed by atoms with Crippen LogP contribution in [0.5, 0.6) is 0 Å². The van der Waals surface area contributed by atoms with E-state index in [1.54, 1.807) is 12.1 Å². The smallest absolute Gasteiger partial charge is 0.222 e. The van der Waals surface area contributed by atoms with Crippen LogP contribution in [0.2, 0.25) is 0 Å². The van der Waals surface area contributed by atoms with Gasteiger partial charge in [-0.2, -0.15) is 0 Å². The molecule has 4 rings (SSSR count). The number of hydrogen-bond donors (Lipinski definition) is 2. The van der Waals surface area contributed by atoms with E-state index in [9.17, 15) is 9.18 Å². The lowest BCUT2D eigenvalue weighted by Gasteiger charge is -2.19. The van der Waals surface area contributed by atoms with Gasteiger partial charge in [-0.3, -0.25) is 4.79 Å². The van der Waals surface area contributed by atoms with E-state index in [1.165, 1.54) is 6.07 Å². The molecular formula is C25H31FN4O. The van der Waals surface area contributed by atoms with Gasteiger partial charge in [0.2, 0.25) is 5.91 Å². The van der Waals surface area contributed by atoms with Crippen molar-refractivity contribution in [3.05, 3.63) is 71.0 Å². The fourth-order valence-corrected chi connectivity index (χ4v) is 4.22. The molecule has 0 atom stereocenters. The zero-order chi connectivity index (χ0) is 21.7. The minimum absolute atomic E-state index is 0.000470. The third-order valence-electron chi connectivity index (χ3n) is 6.18. The number of likely N-dealkylation sites (tertiary alicyclic amines) is 1. The van der Waals surface area contributed by atoms with Gasteiger partial charge in [-0.05, 0) is 55.0 Å². The van der Waals surface area contributed by atoms with Crippen molar-refractivity contribution in [1.82, 2.24) is 15.5 Å². The molecule has 1 heterocycles. The summed E-state index contributed by atoms with van der Waals surface area (Å²) in [5.41, 5.74) is 3.32. The lowest BCUT2D eigenvalue weighted by atomic mass is 9.96. The van der Waals surface area contributed by atoms with Crippen molar-refractivity contribution in [1.29, 1.82) is 0 Å². The Kier molecular flexibility index (Phi) is 6.54. The summed E-state index contributed by atoms with van der Waals surface area (Å²) in [4.78, 5) is 18.6. The maximum absolute atomic E-state index is 13.7. The first-order chi connectivity index (χ1) is 15.1. The van der Waals surface area contributed by atoms with E-state index in [1.807, 2.05) is 24.0 Å². The van der Waals surface area contributed by atoms with Gasteiger partial charge >= 0.3 is 0 Å². The van der Waals surface area contributed by atoms with Gasteiger partial charge in [0.05, 0.1) is 6.54 Å². The van der Waals surface area contributed by atoms with Crippen LogP contribution in [0, 0.1) is 5.82 Å². The first kappa shape index (κ1) is 21.3. The molecule has 1 saturated carbocycles. The third kappa shape index (κ3) is 5.43. The summed E-state index contributed by atoms with van der Waals surface area (Å²) in [6.07, 6.45) is 3.73. The van der Waals surface area contributed by atoms with Crippen LogP contribution in [0.15, 0.2) is 53.5 Å². The second-order valence-electron chi connectivity index (χ2n) is 8.58. The average Bonchev–Trinajstić information content (AvgIpc) is 3.47. The number of amides is 1. The molecule has 1 amide bonds. The molecule has 31 heavy (non-hydrogen) atoms. The Morgan fingerprint density at radius 2 is 1.94 bits per heavy atom. The van der Waals surface area contributed by atoms with Gasteiger partial charge in [0.1, 0.15) is 5.82 Å². The van der Waals surface area contributed by atoms with Gasteiger partial charge in [0, 0.05) is 38.0 Å². The number of carbonyl (C=O) groups is 1. The lowest BCUT2D eigenvalue weighted by Crippen LogP contribution is -2.41. The van der Waals surface area contributed by atoms with Crippen LogP contribution >= 0.6 is 0 Å². The van der Waals surface area contributed by atoms with Crippen molar-refractivity contribution in [3.8, 4) is 0 Å². The highest BCUT2D eigenvalue weighted by molar-refractivity contribution is 5.80. The van der Waals surface area contributed by atoms with Gasteiger partial charge in [-0.25, -0.2) is 9.38 Å². The van der Waals surface area contributed by atoms with Crippen molar-refractivity contribution in [3.63, 3.8) is 0 Å². The summed E-state index contributed by atoms with van der Waals surface area (Å²) in [7, 11) is 0. The largest absolute Gasteiger partial charge is 0.357 e. The predicted octanol–water partition coefficient (Wildman–Crippen LogP) is 3.74. The quantitative estimate of drug-likeness (QED) is 0.503. The number of hydrogen-bond acceptors (Lipinski definition) is 2. The molecule has 1 aliphatic carbocycles. The van der Waals surface area contributed by atoms with E-state index < -0.39 is 0 Å². The van der Waals surface area contributed by atoms with E-state index >= 15 is 0 Å². The number of benzene rings is 2. The molecule has 2 fully saturated rings. The van der Waals surface area contributed by atoms with Crippen molar-refractivity contribution in [2.24, 2.45) is 4.99 Å². The monoisotopic (exact) mass is 422 g/mol. The first-order valence-corrected chi connectivity index (χ1v) is 11.2. The van der Waals surface area contributed by atoms with Crippen LogP contribution < -0.4 is 10.6 Å². The highest BCUT2D eigenvalue weighted by atomic mass is 19.1. The molecule has 0 aromatic heterocycles. The van der Waals surface area contributed by atoms with Crippen LogP contribution in [0.4, 0.5) is 4.39 Å². The Balaban J connectivity index is 1.38. The van der Waals surface area contributed by atoms with E-state index in [4.69, 9.17) is 4.99 Å². The van der Waals surface area contributed by atoms with Gasteiger partial charge in [0.25, 0.3) is 0 Å². The maximum Gasteiger partial charge on any atom is 0.222 e. The molecule has 5 nitrogen and oxygen atoms in total.